The summed E-state index contributed by atoms with van der Waals surface area (Å²) in [5, 5.41) is 21.6. The molecule has 10 atom stereocenters. The van der Waals surface area contributed by atoms with E-state index in [1.54, 1.807) is 0 Å². The van der Waals surface area contributed by atoms with Gasteiger partial charge in [0.05, 0.1) is 43.0 Å². The van der Waals surface area contributed by atoms with Crippen LogP contribution < -0.4 is 0 Å². The van der Waals surface area contributed by atoms with Gasteiger partial charge < -0.3 is 29.2 Å². The number of aliphatic hydroxyl groups is 2. The minimum absolute atomic E-state index is 0.0291. The molecule has 1 aromatic carbocycles. The van der Waals surface area contributed by atoms with Crippen molar-refractivity contribution in [2.24, 2.45) is 17.8 Å². The third-order valence-corrected chi connectivity index (χ3v) is 8.07. The highest BCUT2D eigenvalue weighted by molar-refractivity contribution is 5.70. The Morgan fingerprint density at radius 1 is 1.17 bits per heavy atom. The molecule has 1 aromatic rings. The lowest BCUT2D eigenvalue weighted by molar-refractivity contribution is -0.352. The molecule has 3 aliphatic rings. The van der Waals surface area contributed by atoms with Crippen molar-refractivity contribution >= 4 is 5.97 Å². The van der Waals surface area contributed by atoms with E-state index in [0.29, 0.717) is 31.6 Å². The van der Waals surface area contributed by atoms with Crippen LogP contribution in [0.3, 0.4) is 0 Å². The monoisotopic (exact) mass is 490 g/mol. The molecule has 0 amide bonds. The van der Waals surface area contributed by atoms with Gasteiger partial charge >= 0.3 is 5.97 Å². The van der Waals surface area contributed by atoms with Crippen LogP contribution in [0.4, 0.5) is 0 Å². The first-order valence-corrected chi connectivity index (χ1v) is 13.3. The van der Waals surface area contributed by atoms with Crippen molar-refractivity contribution in [1.82, 2.24) is 0 Å². The quantitative estimate of drug-likeness (QED) is 0.532. The van der Waals surface area contributed by atoms with E-state index in [4.69, 9.17) is 18.9 Å². The number of carbonyl (C=O) groups excluding carboxylic acids is 1. The number of hydrogen-bond donors (Lipinski definition) is 2. The minimum atomic E-state index is -0.872. The summed E-state index contributed by atoms with van der Waals surface area (Å²) >= 11 is 0. The largest absolute Gasteiger partial charge is 0.461 e. The Balaban J connectivity index is 1.38. The highest BCUT2D eigenvalue weighted by Gasteiger charge is 2.56. The number of esters is 1. The Bertz CT molecular complexity index is 832. The van der Waals surface area contributed by atoms with Crippen LogP contribution in [0.2, 0.25) is 0 Å². The van der Waals surface area contributed by atoms with Crippen LogP contribution in [-0.2, 0) is 30.3 Å². The fraction of sp³-hybridized carbons (Fsp3) is 0.750. The number of aliphatic hydroxyl groups excluding tert-OH is 2. The van der Waals surface area contributed by atoms with Gasteiger partial charge in [0.25, 0.3) is 0 Å². The first kappa shape index (κ1) is 26.6. The van der Waals surface area contributed by atoms with Gasteiger partial charge in [-0.2, -0.15) is 0 Å². The zero-order valence-electron chi connectivity index (χ0n) is 21.5. The molecule has 3 fully saturated rings. The lowest BCUT2D eigenvalue weighted by atomic mass is 9.80. The van der Waals surface area contributed by atoms with Crippen LogP contribution in [-0.4, -0.2) is 58.6 Å². The van der Waals surface area contributed by atoms with Crippen LogP contribution in [0.1, 0.15) is 71.8 Å². The van der Waals surface area contributed by atoms with Crippen molar-refractivity contribution in [2.45, 2.75) is 115 Å². The van der Waals surface area contributed by atoms with Crippen molar-refractivity contribution in [1.29, 1.82) is 0 Å². The zero-order valence-corrected chi connectivity index (χ0v) is 21.5. The average Bonchev–Trinajstić information content (AvgIpc) is 3.26. The number of fused-ring (bicyclic) bond motifs is 1. The predicted molar refractivity (Wildman–Crippen MR) is 130 cm³/mol. The second-order valence-corrected chi connectivity index (χ2v) is 11.1. The van der Waals surface area contributed by atoms with Gasteiger partial charge in [-0.25, -0.2) is 0 Å². The summed E-state index contributed by atoms with van der Waals surface area (Å²) in [7, 11) is 0. The molecule has 3 aliphatic heterocycles. The molecule has 4 rings (SSSR count). The standard InChI is InChI=1S/C28H42O7/c1-5-17(2)11-21(29)22-12-24-27(33-22)19(4)15-28(35-24)14-18(3)26(31)23(34-28)13-25(30)32-16-20-9-7-6-8-10-20/h6-10,17-19,21-24,26-27,29,31H,5,11-16H2,1-4H3/t17-,18-,19-,21-,22-,23-,24-,26-,27-,28+/m0/s1. The Kier molecular flexibility index (Phi) is 8.54. The Labute approximate surface area is 209 Å². The zero-order chi connectivity index (χ0) is 25.2. The van der Waals surface area contributed by atoms with E-state index >= 15 is 0 Å². The van der Waals surface area contributed by atoms with Crippen LogP contribution >= 0.6 is 0 Å². The van der Waals surface area contributed by atoms with Gasteiger partial charge in [0.2, 0.25) is 0 Å². The van der Waals surface area contributed by atoms with Crippen molar-refractivity contribution < 1.29 is 34.0 Å². The molecule has 7 nitrogen and oxygen atoms in total. The van der Waals surface area contributed by atoms with E-state index in [9.17, 15) is 15.0 Å². The van der Waals surface area contributed by atoms with Gasteiger partial charge in [-0.05, 0) is 29.7 Å². The summed E-state index contributed by atoms with van der Waals surface area (Å²) < 4.78 is 24.7. The summed E-state index contributed by atoms with van der Waals surface area (Å²) in [5.74, 6) is -0.756. The van der Waals surface area contributed by atoms with Crippen LogP contribution in [0.25, 0.3) is 0 Å². The summed E-state index contributed by atoms with van der Waals surface area (Å²) in [6.07, 6.45) is 1.02. The normalized spacial score (nSPS) is 38.6. The smallest absolute Gasteiger partial charge is 0.308 e. The molecule has 2 N–H and O–H groups in total. The van der Waals surface area contributed by atoms with E-state index in [-0.39, 0.29) is 43.2 Å². The molecule has 0 unspecified atom stereocenters. The van der Waals surface area contributed by atoms with E-state index in [0.717, 1.165) is 12.0 Å². The molecular weight excluding hydrogens is 448 g/mol. The molecule has 0 bridgehead atoms. The van der Waals surface area contributed by atoms with Crippen LogP contribution in [0, 0.1) is 17.8 Å². The van der Waals surface area contributed by atoms with Gasteiger partial charge in [-0.15, -0.1) is 0 Å². The topological polar surface area (TPSA) is 94.5 Å². The molecule has 35 heavy (non-hydrogen) atoms. The fourth-order valence-corrected chi connectivity index (χ4v) is 5.94. The van der Waals surface area contributed by atoms with E-state index < -0.39 is 30.1 Å². The molecule has 0 saturated carbocycles. The maximum Gasteiger partial charge on any atom is 0.308 e. The third-order valence-electron chi connectivity index (χ3n) is 8.07. The van der Waals surface area contributed by atoms with E-state index in [1.165, 1.54) is 0 Å². The second kappa shape index (κ2) is 11.3. The SMILES string of the molecule is CC[C@H](C)C[C@H](O)[C@@H]1C[C@@H]2O[C@]3(C[C@H](C)[C@H](O)[C@H](CC(=O)OCc4ccccc4)O3)C[C@H](C)[C@@H]2O1. The molecule has 7 heteroatoms. The van der Waals surface area contributed by atoms with Crippen molar-refractivity contribution in [2.75, 3.05) is 0 Å². The van der Waals surface area contributed by atoms with Crippen molar-refractivity contribution in [3.63, 3.8) is 0 Å². The summed E-state index contributed by atoms with van der Waals surface area (Å²) in [4.78, 5) is 12.6. The Morgan fingerprint density at radius 3 is 2.60 bits per heavy atom. The molecule has 0 aliphatic carbocycles. The summed E-state index contributed by atoms with van der Waals surface area (Å²) in [6, 6.07) is 9.52. The fourth-order valence-electron chi connectivity index (χ4n) is 5.94. The lowest BCUT2D eigenvalue weighted by Gasteiger charge is -2.51. The van der Waals surface area contributed by atoms with Gasteiger partial charge in [-0.3, -0.25) is 4.79 Å². The number of benzene rings is 1. The van der Waals surface area contributed by atoms with Crippen molar-refractivity contribution in [3.8, 4) is 0 Å². The Hall–Kier alpha value is -1.51. The number of carbonyl (C=O) groups is 1. The van der Waals surface area contributed by atoms with Gasteiger partial charge in [-0.1, -0.05) is 64.4 Å². The molecule has 0 aromatic heterocycles. The molecule has 0 radical (unpaired) electrons. The first-order valence-electron chi connectivity index (χ1n) is 13.3. The van der Waals surface area contributed by atoms with Gasteiger partial charge in [0.1, 0.15) is 6.61 Å². The van der Waals surface area contributed by atoms with Crippen molar-refractivity contribution in [3.05, 3.63) is 35.9 Å². The highest BCUT2D eigenvalue weighted by Crippen LogP contribution is 2.48. The molecular formula is C28H42O7. The number of ether oxygens (including phenoxy) is 4. The minimum Gasteiger partial charge on any atom is -0.461 e. The number of rotatable bonds is 8. The maximum absolute atomic E-state index is 12.6. The molecule has 1 spiro atoms. The molecule has 3 heterocycles. The lowest BCUT2D eigenvalue weighted by Crippen LogP contribution is -2.59. The van der Waals surface area contributed by atoms with E-state index in [1.807, 2.05) is 37.3 Å². The van der Waals surface area contributed by atoms with Crippen LogP contribution in [0.5, 0.6) is 0 Å². The second-order valence-electron chi connectivity index (χ2n) is 11.1. The number of hydrogen-bond acceptors (Lipinski definition) is 7. The van der Waals surface area contributed by atoms with Gasteiger partial charge in [0, 0.05) is 19.3 Å². The average molecular weight is 491 g/mol. The van der Waals surface area contributed by atoms with Crippen LogP contribution in [0.15, 0.2) is 30.3 Å². The molecule has 196 valence electrons. The summed E-state index contributed by atoms with van der Waals surface area (Å²) in [6.45, 7) is 8.57. The first-order chi connectivity index (χ1) is 16.7. The molecule has 3 saturated heterocycles. The highest BCUT2D eigenvalue weighted by atomic mass is 16.7. The van der Waals surface area contributed by atoms with Gasteiger partial charge in [0.15, 0.2) is 5.79 Å². The maximum atomic E-state index is 12.6. The Morgan fingerprint density at radius 2 is 1.89 bits per heavy atom. The summed E-state index contributed by atoms with van der Waals surface area (Å²) in [5.41, 5.74) is 0.914. The van der Waals surface area contributed by atoms with E-state index in [2.05, 4.69) is 20.8 Å². The predicted octanol–water partition coefficient (Wildman–Crippen LogP) is 3.98. The third kappa shape index (κ3) is 6.25.